The van der Waals surface area contributed by atoms with Crippen LogP contribution < -0.4 is 10.2 Å². The predicted octanol–water partition coefficient (Wildman–Crippen LogP) is 6.63. The summed E-state index contributed by atoms with van der Waals surface area (Å²) in [6.45, 7) is 14.8. The molecule has 1 saturated carbocycles. The molecule has 6 nitrogen and oxygen atoms in total. The smallest absolute Gasteiger partial charge is 0.489 e. The lowest BCUT2D eigenvalue weighted by molar-refractivity contribution is 0.00578. The van der Waals surface area contributed by atoms with Crippen LogP contribution in [0.15, 0.2) is 48.5 Å². The maximum absolute atomic E-state index is 13.4. The van der Waals surface area contributed by atoms with E-state index in [1.807, 2.05) is 68.1 Å². The van der Waals surface area contributed by atoms with Crippen molar-refractivity contribution in [2.24, 2.45) is 0 Å². The van der Waals surface area contributed by atoms with Gasteiger partial charge in [0.1, 0.15) is 18.0 Å². The molecule has 0 bridgehead atoms. The molecule has 0 radical (unpaired) electrons. The normalized spacial score (nSPS) is 19.3. The van der Waals surface area contributed by atoms with Crippen molar-refractivity contribution in [3.8, 4) is 5.75 Å². The average molecular weight is 522 g/mol. The van der Waals surface area contributed by atoms with Gasteiger partial charge in [0.15, 0.2) is 0 Å². The zero-order chi connectivity index (χ0) is 27.6. The van der Waals surface area contributed by atoms with Gasteiger partial charge in [-0.05, 0) is 90.0 Å². The maximum atomic E-state index is 13.4. The molecule has 0 spiro atoms. The van der Waals surface area contributed by atoms with E-state index in [-0.39, 0.29) is 12.1 Å². The Kier molecular flexibility index (Phi) is 8.48. The Bertz CT molecular complexity index is 1070. The second-order valence-corrected chi connectivity index (χ2v) is 12.7. The fraction of sp³-hybridized carbons (Fsp3) is 0.581. The third kappa shape index (κ3) is 7.12. The second-order valence-electron chi connectivity index (χ2n) is 12.7. The number of amides is 1. The summed E-state index contributed by atoms with van der Waals surface area (Å²) in [5, 5.41) is 0. The first-order valence-corrected chi connectivity index (χ1v) is 14.0. The standard InChI is InChI=1S/C31H44BNO5/c1-29(2,3)36-28(34)33(26-16-12-9-13-17-26)21-24-18-25(32-37-30(4,5)31(6,7)38-32)20-27(19-24)35-22-23-14-10-8-11-15-23/h8,10-11,14-15,18-20,26H,9,12-13,16-17,21-22H2,1-7H3. The minimum Gasteiger partial charge on any atom is -0.489 e. The van der Waals surface area contributed by atoms with E-state index in [1.165, 1.54) is 6.42 Å². The molecule has 38 heavy (non-hydrogen) atoms. The highest BCUT2D eigenvalue weighted by Gasteiger charge is 2.51. The van der Waals surface area contributed by atoms with E-state index in [0.717, 1.165) is 48.0 Å². The Labute approximate surface area is 229 Å². The van der Waals surface area contributed by atoms with Gasteiger partial charge in [0.2, 0.25) is 0 Å². The fourth-order valence-corrected chi connectivity index (χ4v) is 4.97. The number of hydrogen-bond donors (Lipinski definition) is 0. The summed E-state index contributed by atoms with van der Waals surface area (Å²) in [4.78, 5) is 15.3. The van der Waals surface area contributed by atoms with E-state index in [2.05, 4.69) is 33.8 Å². The summed E-state index contributed by atoms with van der Waals surface area (Å²) in [7, 11) is -0.524. The quantitative estimate of drug-likeness (QED) is 0.383. The molecule has 0 atom stereocenters. The van der Waals surface area contributed by atoms with Gasteiger partial charge in [-0.1, -0.05) is 55.7 Å². The van der Waals surface area contributed by atoms with Crippen molar-refractivity contribution < 1.29 is 23.6 Å². The summed E-state index contributed by atoms with van der Waals surface area (Å²) in [6.07, 6.45) is 5.19. The van der Waals surface area contributed by atoms with Gasteiger partial charge in [0.25, 0.3) is 0 Å². The van der Waals surface area contributed by atoms with Crippen molar-refractivity contribution in [3.63, 3.8) is 0 Å². The average Bonchev–Trinajstić information content (AvgIpc) is 3.08. The van der Waals surface area contributed by atoms with E-state index in [1.54, 1.807) is 0 Å². The second kappa shape index (κ2) is 11.3. The predicted molar refractivity (Wildman–Crippen MR) is 152 cm³/mol. The van der Waals surface area contributed by atoms with E-state index in [9.17, 15) is 4.79 Å². The molecule has 2 aromatic rings. The fourth-order valence-electron chi connectivity index (χ4n) is 4.97. The molecule has 7 heteroatoms. The molecule has 1 aliphatic carbocycles. The molecule has 1 amide bonds. The van der Waals surface area contributed by atoms with Gasteiger partial charge < -0.3 is 23.7 Å². The molecular weight excluding hydrogens is 477 g/mol. The Morgan fingerprint density at radius 1 is 0.947 bits per heavy atom. The van der Waals surface area contributed by atoms with Crippen LogP contribution >= 0.6 is 0 Å². The largest absolute Gasteiger partial charge is 0.494 e. The number of benzene rings is 2. The van der Waals surface area contributed by atoms with Gasteiger partial charge >= 0.3 is 13.2 Å². The summed E-state index contributed by atoms with van der Waals surface area (Å²) in [5.41, 5.74) is 1.48. The van der Waals surface area contributed by atoms with Crippen LogP contribution in [0.5, 0.6) is 5.75 Å². The minimum atomic E-state index is -0.557. The number of rotatable bonds is 7. The van der Waals surface area contributed by atoms with Crippen molar-refractivity contribution >= 4 is 18.7 Å². The zero-order valence-corrected chi connectivity index (χ0v) is 24.2. The molecule has 1 saturated heterocycles. The lowest BCUT2D eigenvalue weighted by atomic mass is 9.78. The number of nitrogens with zero attached hydrogens (tertiary/aromatic N) is 1. The molecule has 2 aliphatic rings. The maximum Gasteiger partial charge on any atom is 0.494 e. The monoisotopic (exact) mass is 521 g/mol. The van der Waals surface area contributed by atoms with Crippen molar-refractivity contribution in [2.75, 3.05) is 0 Å². The van der Waals surface area contributed by atoms with Crippen molar-refractivity contribution in [1.82, 2.24) is 4.90 Å². The van der Waals surface area contributed by atoms with Crippen LogP contribution in [0.25, 0.3) is 0 Å². The molecule has 1 aliphatic heterocycles. The van der Waals surface area contributed by atoms with Gasteiger partial charge in [-0.2, -0.15) is 0 Å². The van der Waals surface area contributed by atoms with Gasteiger partial charge in [0.05, 0.1) is 11.2 Å². The number of carbonyl (C=O) groups excluding carboxylic acids is 1. The third-order valence-electron chi connectivity index (χ3n) is 7.76. The Hall–Kier alpha value is -2.51. The first-order chi connectivity index (χ1) is 17.8. The summed E-state index contributed by atoms with van der Waals surface area (Å²) < 4.78 is 24.9. The summed E-state index contributed by atoms with van der Waals surface area (Å²) >= 11 is 0. The van der Waals surface area contributed by atoms with Crippen LogP contribution in [0, 0.1) is 0 Å². The Morgan fingerprint density at radius 3 is 2.18 bits per heavy atom. The van der Waals surface area contributed by atoms with Crippen LogP contribution in [0.1, 0.15) is 91.7 Å². The van der Waals surface area contributed by atoms with E-state index < -0.39 is 23.9 Å². The van der Waals surface area contributed by atoms with Crippen molar-refractivity contribution in [2.45, 2.75) is 117 Å². The van der Waals surface area contributed by atoms with Crippen LogP contribution in [-0.4, -0.2) is 41.0 Å². The van der Waals surface area contributed by atoms with E-state index in [4.69, 9.17) is 18.8 Å². The van der Waals surface area contributed by atoms with Gasteiger partial charge in [0, 0.05) is 12.6 Å². The molecule has 0 N–H and O–H groups in total. The van der Waals surface area contributed by atoms with E-state index >= 15 is 0 Å². The highest BCUT2D eigenvalue weighted by atomic mass is 16.7. The molecule has 0 aromatic heterocycles. The van der Waals surface area contributed by atoms with Crippen molar-refractivity contribution in [1.29, 1.82) is 0 Å². The van der Waals surface area contributed by atoms with Crippen LogP contribution in [0.2, 0.25) is 0 Å². The molecule has 2 aromatic carbocycles. The van der Waals surface area contributed by atoms with E-state index in [0.29, 0.717) is 13.2 Å². The Morgan fingerprint density at radius 2 is 1.58 bits per heavy atom. The molecule has 0 unspecified atom stereocenters. The van der Waals surface area contributed by atoms with Crippen LogP contribution in [-0.2, 0) is 27.2 Å². The topological polar surface area (TPSA) is 57.2 Å². The first-order valence-electron chi connectivity index (χ1n) is 14.0. The number of ether oxygens (including phenoxy) is 2. The summed E-state index contributed by atoms with van der Waals surface area (Å²) in [6, 6.07) is 16.4. The Balaban J connectivity index is 1.64. The third-order valence-corrected chi connectivity index (χ3v) is 7.76. The molecule has 206 valence electrons. The zero-order valence-electron chi connectivity index (χ0n) is 24.2. The number of carbonyl (C=O) groups is 1. The lowest BCUT2D eigenvalue weighted by Crippen LogP contribution is -2.44. The first kappa shape index (κ1) is 28.5. The van der Waals surface area contributed by atoms with Gasteiger partial charge in [-0.3, -0.25) is 0 Å². The van der Waals surface area contributed by atoms with Crippen LogP contribution in [0.4, 0.5) is 4.79 Å². The minimum absolute atomic E-state index is 0.160. The van der Waals surface area contributed by atoms with Crippen LogP contribution in [0.3, 0.4) is 0 Å². The highest BCUT2D eigenvalue weighted by molar-refractivity contribution is 6.62. The summed E-state index contributed by atoms with van der Waals surface area (Å²) in [5.74, 6) is 0.726. The van der Waals surface area contributed by atoms with Crippen molar-refractivity contribution in [3.05, 3.63) is 59.7 Å². The highest BCUT2D eigenvalue weighted by Crippen LogP contribution is 2.37. The molecular formula is C31H44BNO5. The number of hydrogen-bond acceptors (Lipinski definition) is 5. The molecule has 4 rings (SSSR count). The molecule has 1 heterocycles. The van der Waals surface area contributed by atoms with Gasteiger partial charge in [-0.25, -0.2) is 4.79 Å². The lowest BCUT2D eigenvalue weighted by Gasteiger charge is -2.35. The molecule has 2 fully saturated rings. The van der Waals surface area contributed by atoms with Gasteiger partial charge in [-0.15, -0.1) is 0 Å². The SMILES string of the molecule is CC(C)(C)OC(=O)N(Cc1cc(OCc2ccccc2)cc(B2OC(C)(C)C(C)(C)O2)c1)C1CCCCC1.